The van der Waals surface area contributed by atoms with Gasteiger partial charge in [0.1, 0.15) is 0 Å². The molecule has 498 valence electrons. The number of ether oxygens (including phenoxy) is 2. The first kappa shape index (κ1) is 84.1. The molecule has 5 aliphatic carbocycles. The molecular weight excluding hydrogens is 1000 g/mol. The molecule has 0 N–H and O–H groups in total. The summed E-state index contributed by atoms with van der Waals surface area (Å²) in [6, 6.07) is 0. The van der Waals surface area contributed by atoms with Gasteiger partial charge in [-0.25, -0.2) is 0 Å². The third kappa shape index (κ3) is 87.6. The zero-order valence-corrected chi connectivity index (χ0v) is 58.4. The summed E-state index contributed by atoms with van der Waals surface area (Å²) in [6.07, 6.45) is 115. The van der Waals surface area contributed by atoms with Crippen LogP contribution in [-0.4, -0.2) is 14.2 Å². The third-order valence-corrected chi connectivity index (χ3v) is 19.1. The maximum Gasteiger partial charge on any atom is 0.0766 e. The molecule has 0 saturated heterocycles. The summed E-state index contributed by atoms with van der Waals surface area (Å²) < 4.78 is 8.61. The Labute approximate surface area is 528 Å². The molecule has 0 radical (unpaired) electrons. The first-order chi connectivity index (χ1) is 41.3. The highest BCUT2D eigenvalue weighted by Crippen LogP contribution is 2.22. The van der Waals surface area contributed by atoms with Gasteiger partial charge in [0.05, 0.1) is 26.7 Å². The quantitative estimate of drug-likeness (QED) is 0.257. The van der Waals surface area contributed by atoms with Crippen molar-refractivity contribution in [3.8, 4) is 0 Å². The molecule has 0 aromatic carbocycles. The minimum Gasteiger partial charge on any atom is -0.505 e. The van der Waals surface area contributed by atoms with Crippen LogP contribution >= 0.6 is 0 Å². The fourth-order valence-corrected chi connectivity index (χ4v) is 13.3. The second kappa shape index (κ2) is 85.3. The summed E-state index contributed by atoms with van der Waals surface area (Å²) in [5.41, 5.74) is 0. The van der Waals surface area contributed by atoms with Gasteiger partial charge in [-0.3, -0.25) is 0 Å². The van der Waals surface area contributed by atoms with E-state index in [-0.39, 0.29) is 0 Å². The van der Waals surface area contributed by atoms with E-state index in [1.807, 2.05) is 0 Å². The molecule has 5 fully saturated rings. The fourth-order valence-electron chi connectivity index (χ4n) is 13.3. The van der Waals surface area contributed by atoms with Crippen LogP contribution in [0, 0.1) is 0 Å². The number of rotatable bonds is 2. The van der Waals surface area contributed by atoms with E-state index in [1.165, 1.54) is 494 Å². The van der Waals surface area contributed by atoms with Gasteiger partial charge in [-0.15, -0.1) is 0 Å². The van der Waals surface area contributed by atoms with Crippen molar-refractivity contribution in [1.29, 1.82) is 0 Å². The van der Waals surface area contributed by atoms with Gasteiger partial charge in [0.15, 0.2) is 0 Å². The van der Waals surface area contributed by atoms with Crippen LogP contribution in [0.1, 0.15) is 482 Å². The Hall–Kier alpha value is -0.920. The number of hydrogen-bond acceptors (Lipinski definition) is 2. The monoisotopic (exact) mass is 1170 g/mol. The van der Waals surface area contributed by atoms with E-state index in [2.05, 4.69) is 22.6 Å². The molecule has 0 bridgehead atoms. The van der Waals surface area contributed by atoms with E-state index in [0.29, 0.717) is 0 Å². The molecule has 5 saturated carbocycles. The Morgan fingerprint density at radius 2 is 0.145 bits per heavy atom. The lowest BCUT2D eigenvalue weighted by Gasteiger charge is -2.01. The average molecular weight is 1170 g/mol. The highest BCUT2D eigenvalue weighted by molar-refractivity contribution is 4.58. The Balaban J connectivity index is 0. The van der Waals surface area contributed by atoms with E-state index in [0.717, 1.165) is 0 Å². The normalized spacial score (nSPS) is 22.2. The van der Waals surface area contributed by atoms with Gasteiger partial charge in [0, 0.05) is 0 Å². The molecule has 5 rings (SSSR count). The molecule has 83 heavy (non-hydrogen) atoms. The van der Waals surface area contributed by atoms with Crippen molar-refractivity contribution in [2.75, 3.05) is 14.2 Å². The Morgan fingerprint density at radius 3 is 0.157 bits per heavy atom. The van der Waals surface area contributed by atoms with E-state index in [1.54, 1.807) is 14.2 Å². The lowest BCUT2D eigenvalue weighted by Crippen LogP contribution is -1.81. The van der Waals surface area contributed by atoms with Crippen LogP contribution in [0.25, 0.3) is 0 Å². The Kier molecular flexibility index (Phi) is 86.5. The van der Waals surface area contributed by atoms with Gasteiger partial charge in [-0.2, -0.15) is 0 Å². The van der Waals surface area contributed by atoms with Crippen LogP contribution in [0.5, 0.6) is 0 Å². The Bertz CT molecular complexity index is 593. The maximum absolute atomic E-state index is 4.31. The molecule has 0 aromatic heterocycles. The molecule has 0 heterocycles. The summed E-state index contributed by atoms with van der Waals surface area (Å²) in [4.78, 5) is 0. The van der Waals surface area contributed by atoms with E-state index in [4.69, 9.17) is 0 Å². The minimum absolute atomic E-state index is 1.38. The summed E-state index contributed by atoms with van der Waals surface area (Å²) in [5, 5.41) is 0. The topological polar surface area (TPSA) is 18.5 Å². The van der Waals surface area contributed by atoms with Crippen molar-refractivity contribution >= 4 is 0 Å². The minimum atomic E-state index is 1.38. The van der Waals surface area contributed by atoms with Crippen LogP contribution in [0.15, 0.2) is 25.7 Å². The predicted octanol–water partition coefficient (Wildman–Crippen LogP) is 30.8. The van der Waals surface area contributed by atoms with Crippen LogP contribution in [-0.2, 0) is 9.47 Å². The largest absolute Gasteiger partial charge is 0.505 e. The number of hydrogen-bond donors (Lipinski definition) is 0. The van der Waals surface area contributed by atoms with Crippen LogP contribution < -0.4 is 0 Å². The van der Waals surface area contributed by atoms with E-state index < -0.39 is 0 Å². The average Bonchev–Trinajstić information content (AvgIpc) is 3.56. The number of methoxy groups -OCH3 is 2. The highest BCUT2D eigenvalue weighted by atomic mass is 16.5. The molecule has 5 aliphatic rings. The molecule has 0 amide bonds. The van der Waals surface area contributed by atoms with Crippen LogP contribution in [0.4, 0.5) is 0 Å². The predicted molar refractivity (Wildman–Crippen MR) is 381 cm³/mol. The molecule has 2 heteroatoms. The van der Waals surface area contributed by atoms with Crippen molar-refractivity contribution in [2.45, 2.75) is 482 Å². The first-order valence-corrected chi connectivity index (χ1v) is 39.6. The van der Waals surface area contributed by atoms with Crippen LogP contribution in [0.2, 0.25) is 0 Å². The summed E-state index contributed by atoms with van der Waals surface area (Å²) >= 11 is 0. The van der Waals surface area contributed by atoms with Gasteiger partial charge in [-0.05, 0) is 0 Å². The Morgan fingerprint density at radius 1 is 0.120 bits per heavy atom. The maximum atomic E-state index is 4.31. The molecule has 0 spiro atoms. The molecule has 0 atom stereocenters. The van der Waals surface area contributed by atoms with E-state index >= 15 is 0 Å². The van der Waals surface area contributed by atoms with E-state index in [9.17, 15) is 0 Å². The molecule has 0 aliphatic heterocycles. The van der Waals surface area contributed by atoms with Crippen molar-refractivity contribution in [3.63, 3.8) is 0 Å². The van der Waals surface area contributed by atoms with Gasteiger partial charge in [-0.1, -0.05) is 495 Å². The van der Waals surface area contributed by atoms with Gasteiger partial charge < -0.3 is 9.47 Å². The van der Waals surface area contributed by atoms with Crippen molar-refractivity contribution in [1.82, 2.24) is 0 Å². The second-order valence-electron chi connectivity index (χ2n) is 27.3. The lowest BCUT2D eigenvalue weighted by molar-refractivity contribution is 0.339. The molecule has 2 nitrogen and oxygen atoms in total. The summed E-state index contributed by atoms with van der Waals surface area (Å²) in [7, 11) is 3.12. The summed E-state index contributed by atoms with van der Waals surface area (Å²) in [5.74, 6) is 0. The van der Waals surface area contributed by atoms with Crippen molar-refractivity contribution in [3.05, 3.63) is 25.7 Å². The van der Waals surface area contributed by atoms with Gasteiger partial charge >= 0.3 is 0 Å². The standard InChI is InChI=1S/5C15H30.2C3H6O/c5*1-2-4-6-8-10-12-14-15-13-11-9-7-5-3-1;2*1-3-4-2/h5*1-15H2;2*3H,1H2,2H3. The highest BCUT2D eigenvalue weighted by Gasteiger charge is 2.02. The smallest absolute Gasteiger partial charge is 0.0766 e. The lowest BCUT2D eigenvalue weighted by atomic mass is 10.1. The second-order valence-corrected chi connectivity index (χ2v) is 27.3. The third-order valence-electron chi connectivity index (χ3n) is 19.1. The SMILES string of the molecule is C1CCCCCCCCCCCCCC1.C1CCCCCCCCCCCCCC1.C1CCCCCCCCCCCCCC1.C1CCCCCCCCCCCCCC1.C1CCCCCCCCCCCCCC1.C=COC.C=COC. The van der Waals surface area contributed by atoms with Gasteiger partial charge in [0.2, 0.25) is 0 Å². The fraction of sp³-hybridized carbons (Fsp3) is 0.951. The molecular formula is C81H162O2. The zero-order chi connectivity index (χ0) is 59.9. The van der Waals surface area contributed by atoms with Crippen molar-refractivity contribution < 1.29 is 9.47 Å². The van der Waals surface area contributed by atoms with Crippen LogP contribution in [0.3, 0.4) is 0 Å². The zero-order valence-electron chi connectivity index (χ0n) is 58.4. The molecule has 0 aromatic rings. The van der Waals surface area contributed by atoms with Crippen molar-refractivity contribution in [2.24, 2.45) is 0 Å². The first-order valence-electron chi connectivity index (χ1n) is 39.6. The van der Waals surface area contributed by atoms with Gasteiger partial charge in [0.25, 0.3) is 0 Å². The molecule has 0 unspecified atom stereocenters. The summed E-state index contributed by atoms with van der Waals surface area (Å²) in [6.45, 7) is 6.51.